The normalized spacial score (nSPS) is 24.4. The molecule has 2 atom stereocenters. The van der Waals surface area contributed by atoms with Crippen molar-refractivity contribution < 1.29 is 4.79 Å². The van der Waals surface area contributed by atoms with E-state index < -0.39 is 0 Å². The van der Waals surface area contributed by atoms with E-state index in [9.17, 15) is 4.79 Å². The van der Waals surface area contributed by atoms with E-state index in [-0.39, 0.29) is 18.0 Å². The molecule has 1 saturated heterocycles. The SMILES string of the molecule is CCN1CCN(CC(NC(C)C)C(N)=O)CC1C. The first-order valence-electron chi connectivity index (χ1n) is 6.95. The van der Waals surface area contributed by atoms with Crippen LogP contribution in [0.4, 0.5) is 0 Å². The molecular weight excluding hydrogens is 228 g/mol. The Morgan fingerprint density at radius 2 is 2.11 bits per heavy atom. The molecular formula is C13H28N4O. The van der Waals surface area contributed by atoms with E-state index in [1.54, 1.807) is 0 Å². The molecule has 0 aromatic heterocycles. The molecule has 1 aliphatic heterocycles. The van der Waals surface area contributed by atoms with Crippen LogP contribution in [0.1, 0.15) is 27.7 Å². The number of rotatable bonds is 6. The summed E-state index contributed by atoms with van der Waals surface area (Å²) in [5.41, 5.74) is 5.45. The predicted molar refractivity (Wildman–Crippen MR) is 74.4 cm³/mol. The number of amides is 1. The van der Waals surface area contributed by atoms with Crippen LogP contribution in [0.25, 0.3) is 0 Å². The van der Waals surface area contributed by atoms with Crippen LogP contribution in [0.2, 0.25) is 0 Å². The first-order valence-corrected chi connectivity index (χ1v) is 6.95. The van der Waals surface area contributed by atoms with Crippen molar-refractivity contribution in [2.24, 2.45) is 5.73 Å². The zero-order chi connectivity index (χ0) is 13.7. The molecule has 1 rings (SSSR count). The Morgan fingerprint density at radius 3 is 2.56 bits per heavy atom. The fourth-order valence-corrected chi connectivity index (χ4v) is 2.59. The van der Waals surface area contributed by atoms with Gasteiger partial charge in [-0.3, -0.25) is 14.6 Å². The van der Waals surface area contributed by atoms with Crippen LogP contribution in [0.5, 0.6) is 0 Å². The Kier molecular flexibility index (Phi) is 6.05. The number of nitrogens with two attached hydrogens (primary N) is 1. The third-order valence-electron chi connectivity index (χ3n) is 3.57. The average Bonchev–Trinajstić information content (AvgIpc) is 2.27. The molecule has 18 heavy (non-hydrogen) atoms. The molecule has 1 heterocycles. The first kappa shape index (κ1) is 15.4. The van der Waals surface area contributed by atoms with E-state index in [4.69, 9.17) is 5.73 Å². The molecule has 5 nitrogen and oxygen atoms in total. The summed E-state index contributed by atoms with van der Waals surface area (Å²) in [7, 11) is 0. The van der Waals surface area contributed by atoms with Gasteiger partial charge in [0.1, 0.15) is 0 Å². The molecule has 0 saturated carbocycles. The third-order valence-corrected chi connectivity index (χ3v) is 3.57. The third kappa shape index (κ3) is 4.55. The number of hydrogen-bond donors (Lipinski definition) is 2. The Bertz CT molecular complexity index is 270. The van der Waals surface area contributed by atoms with Gasteiger partial charge in [0.15, 0.2) is 0 Å². The highest BCUT2D eigenvalue weighted by molar-refractivity contribution is 5.80. The zero-order valence-corrected chi connectivity index (χ0v) is 12.1. The van der Waals surface area contributed by atoms with Gasteiger partial charge in [-0.25, -0.2) is 0 Å². The zero-order valence-electron chi connectivity index (χ0n) is 12.1. The van der Waals surface area contributed by atoms with Gasteiger partial charge in [0.05, 0.1) is 6.04 Å². The van der Waals surface area contributed by atoms with Crippen molar-refractivity contribution in [2.45, 2.75) is 45.8 Å². The standard InChI is InChI=1S/C13H28N4O/c1-5-17-7-6-16(8-11(17)4)9-12(13(14)18)15-10(2)3/h10-12,15H,5-9H2,1-4H3,(H2,14,18). The number of nitrogens with one attached hydrogen (secondary N) is 1. The van der Waals surface area contributed by atoms with E-state index in [2.05, 4.69) is 29.0 Å². The summed E-state index contributed by atoms with van der Waals surface area (Å²) in [6, 6.07) is 0.582. The molecule has 0 bridgehead atoms. The summed E-state index contributed by atoms with van der Waals surface area (Å²) < 4.78 is 0. The molecule has 106 valence electrons. The maximum atomic E-state index is 11.4. The van der Waals surface area contributed by atoms with Crippen LogP contribution in [0, 0.1) is 0 Å². The molecule has 2 unspecified atom stereocenters. The van der Waals surface area contributed by atoms with Gasteiger partial charge in [-0.05, 0) is 13.5 Å². The highest BCUT2D eigenvalue weighted by Gasteiger charge is 2.26. The first-order chi connectivity index (χ1) is 8.43. The van der Waals surface area contributed by atoms with Crippen LogP contribution < -0.4 is 11.1 Å². The van der Waals surface area contributed by atoms with Gasteiger partial charge in [0.25, 0.3) is 0 Å². The molecule has 0 aromatic rings. The minimum Gasteiger partial charge on any atom is -0.368 e. The maximum absolute atomic E-state index is 11.4. The smallest absolute Gasteiger partial charge is 0.235 e. The van der Waals surface area contributed by atoms with Crippen LogP contribution >= 0.6 is 0 Å². The van der Waals surface area contributed by atoms with Crippen molar-refractivity contribution in [3.8, 4) is 0 Å². The van der Waals surface area contributed by atoms with E-state index in [1.165, 1.54) is 0 Å². The summed E-state index contributed by atoms with van der Waals surface area (Å²) >= 11 is 0. The molecule has 3 N–H and O–H groups in total. The van der Waals surface area contributed by atoms with E-state index in [1.807, 2.05) is 13.8 Å². The quantitative estimate of drug-likeness (QED) is 0.695. The minimum absolute atomic E-state index is 0.245. The highest BCUT2D eigenvalue weighted by Crippen LogP contribution is 2.09. The van der Waals surface area contributed by atoms with Gasteiger partial charge in [0.2, 0.25) is 5.91 Å². The number of hydrogen-bond acceptors (Lipinski definition) is 4. The largest absolute Gasteiger partial charge is 0.368 e. The van der Waals surface area contributed by atoms with E-state index >= 15 is 0 Å². The molecule has 0 spiro atoms. The monoisotopic (exact) mass is 256 g/mol. The van der Waals surface area contributed by atoms with E-state index in [0.717, 1.165) is 32.7 Å². The van der Waals surface area contributed by atoms with Gasteiger partial charge in [0, 0.05) is 38.3 Å². The topological polar surface area (TPSA) is 61.6 Å². The van der Waals surface area contributed by atoms with Crippen LogP contribution in [-0.4, -0.2) is 66.6 Å². The van der Waals surface area contributed by atoms with Gasteiger partial charge in [-0.1, -0.05) is 20.8 Å². The Balaban J connectivity index is 2.48. The lowest BCUT2D eigenvalue weighted by Gasteiger charge is -2.40. The van der Waals surface area contributed by atoms with Crippen molar-refractivity contribution in [1.82, 2.24) is 15.1 Å². The number of likely N-dealkylation sites (N-methyl/N-ethyl adjacent to an activating group) is 1. The van der Waals surface area contributed by atoms with Crippen molar-refractivity contribution in [1.29, 1.82) is 0 Å². The molecule has 0 radical (unpaired) electrons. The number of carbonyl (C=O) groups excluding carboxylic acids is 1. The number of primary amides is 1. The van der Waals surface area contributed by atoms with Crippen molar-refractivity contribution >= 4 is 5.91 Å². The Labute approximate surface area is 111 Å². The van der Waals surface area contributed by atoms with E-state index in [0.29, 0.717) is 6.04 Å². The maximum Gasteiger partial charge on any atom is 0.235 e. The summed E-state index contributed by atoms with van der Waals surface area (Å²) in [5, 5.41) is 3.24. The fourth-order valence-electron chi connectivity index (χ4n) is 2.59. The van der Waals surface area contributed by atoms with Crippen LogP contribution in [-0.2, 0) is 4.79 Å². The summed E-state index contributed by atoms with van der Waals surface area (Å²) in [6.45, 7) is 13.4. The van der Waals surface area contributed by atoms with Crippen molar-refractivity contribution in [2.75, 3.05) is 32.7 Å². The summed E-state index contributed by atoms with van der Waals surface area (Å²) in [6.07, 6.45) is 0. The number of piperazine rings is 1. The predicted octanol–water partition coefficient (Wildman–Crippen LogP) is -0.136. The molecule has 0 aliphatic carbocycles. The Hall–Kier alpha value is -0.650. The molecule has 5 heteroatoms. The second-order valence-electron chi connectivity index (χ2n) is 5.51. The molecule has 1 fully saturated rings. The Morgan fingerprint density at radius 1 is 1.44 bits per heavy atom. The van der Waals surface area contributed by atoms with Gasteiger partial charge in [-0.2, -0.15) is 0 Å². The average molecular weight is 256 g/mol. The number of nitrogens with zero attached hydrogens (tertiary/aromatic N) is 2. The van der Waals surface area contributed by atoms with Crippen LogP contribution in [0.3, 0.4) is 0 Å². The summed E-state index contributed by atoms with van der Waals surface area (Å²) in [4.78, 5) is 16.2. The highest BCUT2D eigenvalue weighted by atomic mass is 16.1. The lowest BCUT2D eigenvalue weighted by molar-refractivity contribution is -0.120. The van der Waals surface area contributed by atoms with Gasteiger partial charge >= 0.3 is 0 Å². The molecule has 0 aromatic carbocycles. The van der Waals surface area contributed by atoms with Crippen molar-refractivity contribution in [3.63, 3.8) is 0 Å². The second-order valence-corrected chi connectivity index (χ2v) is 5.51. The lowest BCUT2D eigenvalue weighted by atomic mass is 10.1. The summed E-state index contributed by atoms with van der Waals surface area (Å²) in [5.74, 6) is -0.255. The molecule has 1 aliphatic rings. The van der Waals surface area contributed by atoms with Gasteiger partial charge in [-0.15, -0.1) is 0 Å². The second kappa shape index (κ2) is 7.07. The number of carbonyl (C=O) groups is 1. The van der Waals surface area contributed by atoms with Crippen LogP contribution in [0.15, 0.2) is 0 Å². The van der Waals surface area contributed by atoms with Gasteiger partial charge < -0.3 is 11.1 Å². The molecule has 1 amide bonds. The van der Waals surface area contributed by atoms with Crippen molar-refractivity contribution in [3.05, 3.63) is 0 Å². The minimum atomic E-state index is -0.255. The lowest BCUT2D eigenvalue weighted by Crippen LogP contribution is -2.57. The fraction of sp³-hybridized carbons (Fsp3) is 0.923.